The Morgan fingerprint density at radius 1 is 1.71 bits per heavy atom. The van der Waals surface area contributed by atoms with E-state index in [1.807, 2.05) is 6.92 Å². The number of rotatable bonds is 3. The lowest BCUT2D eigenvalue weighted by molar-refractivity contribution is 0.00941. The highest BCUT2D eigenvalue weighted by Gasteiger charge is 2.27. The first-order valence-electron chi connectivity index (χ1n) is 4.10. The van der Waals surface area contributed by atoms with Crippen molar-refractivity contribution in [2.45, 2.75) is 12.5 Å². The summed E-state index contributed by atoms with van der Waals surface area (Å²) in [7, 11) is 1.62. The highest BCUT2D eigenvalue weighted by Crippen LogP contribution is 2.31. The molecule has 1 rings (SSSR count). The largest absolute Gasteiger partial charge is 0.372 e. The zero-order valence-electron chi connectivity index (χ0n) is 8.05. The summed E-state index contributed by atoms with van der Waals surface area (Å²) in [6, 6.07) is 1.75. The van der Waals surface area contributed by atoms with Crippen LogP contribution in [-0.4, -0.2) is 18.6 Å². The second kappa shape index (κ2) is 4.57. The minimum Gasteiger partial charge on any atom is -0.372 e. The summed E-state index contributed by atoms with van der Waals surface area (Å²) in [4.78, 5) is 3.94. The van der Waals surface area contributed by atoms with Gasteiger partial charge in [-0.1, -0.05) is 11.6 Å². The second-order valence-electron chi connectivity index (χ2n) is 3.13. The van der Waals surface area contributed by atoms with Gasteiger partial charge in [0.1, 0.15) is 10.8 Å². The van der Waals surface area contributed by atoms with Crippen molar-refractivity contribution >= 4 is 27.5 Å². The van der Waals surface area contributed by atoms with Crippen molar-refractivity contribution in [3.63, 3.8) is 0 Å². The maximum Gasteiger partial charge on any atom is 0.129 e. The van der Waals surface area contributed by atoms with Crippen LogP contribution in [0.2, 0.25) is 5.15 Å². The van der Waals surface area contributed by atoms with E-state index in [0.29, 0.717) is 11.7 Å². The maximum absolute atomic E-state index is 5.81. The third kappa shape index (κ3) is 2.25. The predicted octanol–water partition coefficient (Wildman–Crippen LogP) is 2.32. The average Bonchev–Trinajstić information content (AvgIpc) is 2.20. The quantitative estimate of drug-likeness (QED) is 0.864. The van der Waals surface area contributed by atoms with Crippen LogP contribution in [0.25, 0.3) is 0 Å². The van der Waals surface area contributed by atoms with Crippen LogP contribution in [0.4, 0.5) is 0 Å². The molecule has 1 heterocycles. The van der Waals surface area contributed by atoms with Gasteiger partial charge in [-0.15, -0.1) is 0 Å². The van der Waals surface area contributed by atoms with Crippen LogP contribution in [0, 0.1) is 0 Å². The molecule has 0 aromatic carbocycles. The minimum atomic E-state index is -0.536. The Morgan fingerprint density at radius 2 is 2.36 bits per heavy atom. The first kappa shape index (κ1) is 11.9. The van der Waals surface area contributed by atoms with Gasteiger partial charge in [0.15, 0.2) is 0 Å². The van der Waals surface area contributed by atoms with E-state index < -0.39 is 5.60 Å². The Bertz CT molecular complexity index is 329. The molecule has 0 spiro atoms. The first-order valence-corrected chi connectivity index (χ1v) is 5.27. The molecule has 1 unspecified atom stereocenters. The Labute approximate surface area is 96.7 Å². The molecule has 3 nitrogen and oxygen atoms in total. The molecule has 0 aliphatic heterocycles. The molecular formula is C9H12BrClN2O. The zero-order chi connectivity index (χ0) is 10.8. The molecule has 0 radical (unpaired) electrons. The zero-order valence-corrected chi connectivity index (χ0v) is 10.4. The van der Waals surface area contributed by atoms with Gasteiger partial charge in [0.25, 0.3) is 0 Å². The third-order valence-corrected chi connectivity index (χ3v) is 3.07. The Morgan fingerprint density at radius 3 is 2.86 bits per heavy atom. The molecule has 0 aliphatic rings. The van der Waals surface area contributed by atoms with Crippen LogP contribution >= 0.6 is 27.5 Å². The van der Waals surface area contributed by atoms with Crippen LogP contribution < -0.4 is 5.73 Å². The van der Waals surface area contributed by atoms with Gasteiger partial charge in [-0.2, -0.15) is 0 Å². The number of hydrogen-bond donors (Lipinski definition) is 1. The van der Waals surface area contributed by atoms with E-state index in [-0.39, 0.29) is 0 Å². The molecule has 0 fully saturated rings. The van der Waals surface area contributed by atoms with Gasteiger partial charge < -0.3 is 10.5 Å². The Balaban J connectivity index is 3.22. The molecule has 0 saturated heterocycles. The molecule has 0 amide bonds. The molecule has 0 bridgehead atoms. The molecule has 1 aromatic heterocycles. The molecular weight excluding hydrogens is 267 g/mol. The Kier molecular flexibility index (Phi) is 3.89. The van der Waals surface area contributed by atoms with Gasteiger partial charge in [-0.3, -0.25) is 0 Å². The van der Waals surface area contributed by atoms with E-state index in [1.54, 1.807) is 19.4 Å². The molecule has 1 aromatic rings. The number of nitrogens with two attached hydrogens (primary N) is 1. The lowest BCUT2D eigenvalue weighted by atomic mass is 9.97. The number of nitrogens with zero attached hydrogens (tertiary/aromatic N) is 1. The average molecular weight is 280 g/mol. The molecule has 2 N–H and O–H groups in total. The Hall–Kier alpha value is -0.160. The van der Waals surface area contributed by atoms with Gasteiger partial charge in [0.05, 0.1) is 0 Å². The second-order valence-corrected chi connectivity index (χ2v) is 4.37. The summed E-state index contributed by atoms with van der Waals surface area (Å²) in [6.07, 6.45) is 1.64. The number of aromatic nitrogens is 1. The van der Waals surface area contributed by atoms with Crippen LogP contribution in [-0.2, 0) is 10.3 Å². The van der Waals surface area contributed by atoms with Crippen molar-refractivity contribution in [3.8, 4) is 0 Å². The first-order chi connectivity index (χ1) is 6.53. The third-order valence-electron chi connectivity index (χ3n) is 2.23. The van der Waals surface area contributed by atoms with E-state index in [2.05, 4.69) is 20.9 Å². The number of ether oxygens (including phenoxy) is 1. The summed E-state index contributed by atoms with van der Waals surface area (Å²) in [6.45, 7) is 2.28. The smallest absolute Gasteiger partial charge is 0.129 e. The normalized spacial score (nSPS) is 15.2. The topological polar surface area (TPSA) is 48.1 Å². The number of hydrogen-bond acceptors (Lipinski definition) is 3. The molecule has 0 saturated carbocycles. The monoisotopic (exact) mass is 278 g/mol. The van der Waals surface area contributed by atoms with Crippen molar-refractivity contribution in [2.75, 3.05) is 13.7 Å². The minimum absolute atomic E-state index is 0.377. The van der Waals surface area contributed by atoms with Crippen molar-refractivity contribution < 1.29 is 4.74 Å². The summed E-state index contributed by atoms with van der Waals surface area (Å²) < 4.78 is 6.21. The lowest BCUT2D eigenvalue weighted by Crippen LogP contribution is -2.34. The summed E-state index contributed by atoms with van der Waals surface area (Å²) in [5.41, 5.74) is 6.03. The fourth-order valence-electron chi connectivity index (χ4n) is 1.12. The van der Waals surface area contributed by atoms with Crippen LogP contribution in [0.15, 0.2) is 16.7 Å². The molecule has 0 aliphatic carbocycles. The number of pyridine rings is 1. The highest BCUT2D eigenvalue weighted by atomic mass is 79.9. The van der Waals surface area contributed by atoms with Gasteiger partial charge in [-0.05, 0) is 28.9 Å². The SMILES string of the molecule is COC(C)(CN)c1cc(Cl)ncc1Br. The van der Waals surface area contributed by atoms with Crippen molar-refractivity contribution in [1.29, 1.82) is 0 Å². The molecule has 14 heavy (non-hydrogen) atoms. The van der Waals surface area contributed by atoms with Crippen LogP contribution in [0.1, 0.15) is 12.5 Å². The maximum atomic E-state index is 5.81. The van der Waals surface area contributed by atoms with Gasteiger partial charge in [0.2, 0.25) is 0 Å². The van der Waals surface area contributed by atoms with E-state index in [9.17, 15) is 0 Å². The number of methoxy groups -OCH3 is 1. The molecule has 5 heteroatoms. The van der Waals surface area contributed by atoms with Crippen LogP contribution in [0.3, 0.4) is 0 Å². The van der Waals surface area contributed by atoms with Crippen molar-refractivity contribution in [2.24, 2.45) is 5.73 Å². The molecule has 1 atom stereocenters. The fraction of sp³-hybridized carbons (Fsp3) is 0.444. The van der Waals surface area contributed by atoms with Gasteiger partial charge in [-0.25, -0.2) is 4.98 Å². The summed E-state index contributed by atoms with van der Waals surface area (Å²) in [5.74, 6) is 0. The van der Waals surface area contributed by atoms with E-state index in [1.165, 1.54) is 0 Å². The van der Waals surface area contributed by atoms with E-state index >= 15 is 0 Å². The van der Waals surface area contributed by atoms with Gasteiger partial charge in [0, 0.05) is 29.9 Å². The summed E-state index contributed by atoms with van der Waals surface area (Å²) >= 11 is 9.20. The number of halogens is 2. The van der Waals surface area contributed by atoms with Crippen molar-refractivity contribution in [3.05, 3.63) is 27.5 Å². The van der Waals surface area contributed by atoms with Crippen LogP contribution in [0.5, 0.6) is 0 Å². The van der Waals surface area contributed by atoms with Gasteiger partial charge >= 0.3 is 0 Å². The van der Waals surface area contributed by atoms with E-state index in [0.717, 1.165) is 10.0 Å². The van der Waals surface area contributed by atoms with Crippen molar-refractivity contribution in [1.82, 2.24) is 4.98 Å². The standard InChI is InChI=1S/C9H12BrClN2O/c1-9(5-12,14-2)6-3-8(11)13-4-7(6)10/h3-4H,5,12H2,1-2H3. The highest BCUT2D eigenvalue weighted by molar-refractivity contribution is 9.10. The fourth-order valence-corrected chi connectivity index (χ4v) is 1.92. The lowest BCUT2D eigenvalue weighted by Gasteiger charge is -2.27. The summed E-state index contributed by atoms with van der Waals surface area (Å²) in [5, 5.41) is 0.430. The van der Waals surface area contributed by atoms with E-state index in [4.69, 9.17) is 22.1 Å². The molecule has 78 valence electrons. The predicted molar refractivity (Wildman–Crippen MR) is 60.4 cm³/mol.